The van der Waals surface area contributed by atoms with Crippen LogP contribution in [-0.2, 0) is 5.75 Å². The van der Waals surface area contributed by atoms with Gasteiger partial charge < -0.3 is 4.74 Å². The Morgan fingerprint density at radius 2 is 2.23 bits per heavy atom. The van der Waals surface area contributed by atoms with E-state index < -0.39 is 0 Å². The van der Waals surface area contributed by atoms with Gasteiger partial charge in [-0.15, -0.1) is 11.7 Å². The van der Waals surface area contributed by atoms with Gasteiger partial charge in [0, 0.05) is 5.75 Å². The normalized spacial score (nSPS) is 10.5. The number of ether oxygens (including phenoxy) is 1. The zero-order valence-corrected chi connectivity index (χ0v) is 9.57. The second-order valence-corrected chi connectivity index (χ2v) is 4.41. The van der Waals surface area contributed by atoms with Gasteiger partial charge in [-0.3, -0.25) is 0 Å². The molecule has 0 saturated heterocycles. The van der Waals surface area contributed by atoms with E-state index in [4.69, 9.17) is 4.74 Å². The summed E-state index contributed by atoms with van der Waals surface area (Å²) in [5.41, 5.74) is 1.25. The van der Waals surface area contributed by atoms with Gasteiger partial charge in [-0.1, -0.05) is 22.9 Å². The summed E-state index contributed by atoms with van der Waals surface area (Å²) in [6, 6.07) is 8.13. The molecule has 3 heteroatoms. The Labute approximate surface area is 88.7 Å². The summed E-state index contributed by atoms with van der Waals surface area (Å²) in [5.74, 6) is 1.85. The maximum absolute atomic E-state index is 5.57. The molecule has 1 rings (SSSR count). The molecule has 0 bridgehead atoms. The van der Waals surface area contributed by atoms with Gasteiger partial charge in [0.15, 0.2) is 0 Å². The molecule has 0 amide bonds. The van der Waals surface area contributed by atoms with Crippen LogP contribution in [0.25, 0.3) is 0 Å². The van der Waals surface area contributed by atoms with Crippen molar-refractivity contribution in [2.45, 2.75) is 25.7 Å². The SMILES string of the molecule is CC(C)Oc1cccc(CSS)c1. The molecule has 1 aromatic rings. The van der Waals surface area contributed by atoms with Crippen molar-refractivity contribution >= 4 is 22.5 Å². The standard InChI is InChI=1S/C10H14OS2/c1-8(2)11-10-5-3-4-9(6-10)7-13-12/h3-6,8,12H,7H2,1-2H3. The van der Waals surface area contributed by atoms with Crippen LogP contribution in [0, 0.1) is 0 Å². The molecule has 1 nitrogen and oxygen atoms in total. The third-order valence-electron chi connectivity index (χ3n) is 1.50. The lowest BCUT2D eigenvalue weighted by Crippen LogP contribution is -2.05. The molecule has 0 fully saturated rings. The fourth-order valence-electron chi connectivity index (χ4n) is 1.06. The molecular weight excluding hydrogens is 200 g/mol. The van der Waals surface area contributed by atoms with Gasteiger partial charge in [0.05, 0.1) is 6.10 Å². The average Bonchev–Trinajstić information content (AvgIpc) is 2.04. The van der Waals surface area contributed by atoms with Crippen LogP contribution in [0.2, 0.25) is 0 Å². The van der Waals surface area contributed by atoms with Crippen LogP contribution in [0.15, 0.2) is 24.3 Å². The predicted molar refractivity (Wildman–Crippen MR) is 62.5 cm³/mol. The third-order valence-corrected chi connectivity index (χ3v) is 2.35. The molecule has 0 saturated carbocycles. The average molecular weight is 214 g/mol. The van der Waals surface area contributed by atoms with Gasteiger partial charge >= 0.3 is 0 Å². The van der Waals surface area contributed by atoms with Crippen molar-refractivity contribution < 1.29 is 4.74 Å². The lowest BCUT2D eigenvalue weighted by Gasteiger charge is -2.10. The molecule has 0 aliphatic rings. The highest BCUT2D eigenvalue weighted by Gasteiger charge is 1.98. The van der Waals surface area contributed by atoms with Gasteiger partial charge in [0.2, 0.25) is 0 Å². The highest BCUT2D eigenvalue weighted by atomic mass is 33.1. The Kier molecular flexibility index (Phi) is 4.53. The number of benzene rings is 1. The summed E-state index contributed by atoms with van der Waals surface area (Å²) in [5, 5.41) is 0. The van der Waals surface area contributed by atoms with Gasteiger partial charge in [-0.05, 0) is 31.5 Å². The van der Waals surface area contributed by atoms with Crippen LogP contribution >= 0.6 is 22.5 Å². The van der Waals surface area contributed by atoms with Crippen LogP contribution in [-0.4, -0.2) is 6.10 Å². The summed E-state index contributed by atoms with van der Waals surface area (Å²) < 4.78 is 5.57. The first-order valence-electron chi connectivity index (χ1n) is 4.24. The van der Waals surface area contributed by atoms with Crippen molar-refractivity contribution in [2.75, 3.05) is 0 Å². The summed E-state index contributed by atoms with van der Waals surface area (Å²) in [4.78, 5) is 0. The molecule has 72 valence electrons. The molecule has 0 N–H and O–H groups in total. The van der Waals surface area contributed by atoms with Crippen LogP contribution in [0.1, 0.15) is 19.4 Å². The Hall–Kier alpha value is -0.280. The summed E-state index contributed by atoms with van der Waals surface area (Å²) in [6.07, 6.45) is 0.235. The number of thiol groups is 1. The number of hydrogen-bond acceptors (Lipinski definition) is 3. The van der Waals surface area contributed by atoms with Crippen molar-refractivity contribution in [1.82, 2.24) is 0 Å². The Balaban J connectivity index is 2.67. The lowest BCUT2D eigenvalue weighted by molar-refractivity contribution is 0.242. The summed E-state index contributed by atoms with van der Waals surface area (Å²) >= 11 is 4.11. The smallest absolute Gasteiger partial charge is 0.119 e. The third kappa shape index (κ3) is 3.96. The molecule has 0 aliphatic heterocycles. The molecular formula is C10H14OS2. The minimum absolute atomic E-state index is 0.235. The topological polar surface area (TPSA) is 9.23 Å². The van der Waals surface area contributed by atoms with E-state index in [-0.39, 0.29) is 6.10 Å². The first-order chi connectivity index (χ1) is 6.22. The van der Waals surface area contributed by atoms with Crippen LogP contribution < -0.4 is 4.74 Å². The van der Waals surface area contributed by atoms with Crippen molar-refractivity contribution in [1.29, 1.82) is 0 Å². The molecule has 0 heterocycles. The van der Waals surface area contributed by atoms with E-state index in [1.54, 1.807) is 0 Å². The first-order valence-corrected chi connectivity index (χ1v) is 6.28. The van der Waals surface area contributed by atoms with Gasteiger partial charge in [0.25, 0.3) is 0 Å². The molecule has 0 unspecified atom stereocenters. The predicted octanol–water partition coefficient (Wildman–Crippen LogP) is 3.55. The van der Waals surface area contributed by atoms with E-state index in [1.165, 1.54) is 16.4 Å². The summed E-state index contributed by atoms with van der Waals surface area (Å²) in [6.45, 7) is 4.06. The zero-order chi connectivity index (χ0) is 9.68. The Morgan fingerprint density at radius 3 is 2.85 bits per heavy atom. The highest BCUT2D eigenvalue weighted by molar-refractivity contribution is 8.68. The molecule has 0 radical (unpaired) electrons. The van der Waals surface area contributed by atoms with Gasteiger partial charge in [-0.25, -0.2) is 0 Å². The first kappa shape index (κ1) is 10.8. The lowest BCUT2D eigenvalue weighted by atomic mass is 10.2. The summed E-state index contributed by atoms with van der Waals surface area (Å²) in [7, 11) is 1.52. The van der Waals surface area contributed by atoms with Crippen molar-refractivity contribution in [3.05, 3.63) is 29.8 Å². The molecule has 0 atom stereocenters. The molecule has 13 heavy (non-hydrogen) atoms. The monoisotopic (exact) mass is 214 g/mol. The van der Waals surface area contributed by atoms with Crippen LogP contribution in [0.3, 0.4) is 0 Å². The maximum Gasteiger partial charge on any atom is 0.119 e. The zero-order valence-electron chi connectivity index (χ0n) is 7.86. The number of rotatable bonds is 4. The second-order valence-electron chi connectivity index (χ2n) is 3.09. The maximum atomic E-state index is 5.57. The fourth-order valence-corrected chi connectivity index (χ4v) is 1.83. The van der Waals surface area contributed by atoms with Crippen molar-refractivity contribution in [3.8, 4) is 5.75 Å². The largest absolute Gasteiger partial charge is 0.491 e. The van der Waals surface area contributed by atoms with Crippen molar-refractivity contribution in [2.24, 2.45) is 0 Å². The second kappa shape index (κ2) is 5.45. The molecule has 0 spiro atoms. The minimum Gasteiger partial charge on any atom is -0.491 e. The Morgan fingerprint density at radius 1 is 1.46 bits per heavy atom. The van der Waals surface area contributed by atoms with Crippen molar-refractivity contribution in [3.63, 3.8) is 0 Å². The van der Waals surface area contributed by atoms with E-state index >= 15 is 0 Å². The molecule has 0 aliphatic carbocycles. The fraction of sp³-hybridized carbons (Fsp3) is 0.400. The van der Waals surface area contributed by atoms with E-state index in [2.05, 4.69) is 23.8 Å². The van der Waals surface area contributed by atoms with Gasteiger partial charge in [-0.2, -0.15) is 0 Å². The van der Waals surface area contributed by atoms with E-state index in [9.17, 15) is 0 Å². The quantitative estimate of drug-likeness (QED) is 0.606. The van der Waals surface area contributed by atoms with Crippen LogP contribution in [0.4, 0.5) is 0 Å². The van der Waals surface area contributed by atoms with E-state index in [0.717, 1.165) is 11.5 Å². The minimum atomic E-state index is 0.235. The highest BCUT2D eigenvalue weighted by Crippen LogP contribution is 2.20. The molecule has 0 aromatic heterocycles. The Bertz CT molecular complexity index is 261. The molecule has 1 aromatic carbocycles. The van der Waals surface area contributed by atoms with Gasteiger partial charge in [0.1, 0.15) is 5.75 Å². The van der Waals surface area contributed by atoms with Crippen LogP contribution in [0.5, 0.6) is 5.75 Å². The van der Waals surface area contributed by atoms with E-state index in [1.807, 2.05) is 26.0 Å². The van der Waals surface area contributed by atoms with E-state index in [0.29, 0.717) is 0 Å². The number of hydrogen-bond donors (Lipinski definition) is 1.